The van der Waals surface area contributed by atoms with Gasteiger partial charge in [-0.2, -0.15) is 0 Å². The summed E-state index contributed by atoms with van der Waals surface area (Å²) in [6.07, 6.45) is 2.15. The van der Waals surface area contributed by atoms with Gasteiger partial charge in [0.05, 0.1) is 0 Å². The van der Waals surface area contributed by atoms with Gasteiger partial charge >= 0.3 is 0 Å². The molecule has 2 heteroatoms. The topological polar surface area (TPSA) is 12.0 Å². The summed E-state index contributed by atoms with van der Waals surface area (Å²) < 4.78 is 1.14. The molecule has 0 saturated heterocycles. The summed E-state index contributed by atoms with van der Waals surface area (Å²) in [4.78, 5) is 0. The van der Waals surface area contributed by atoms with E-state index in [1.807, 2.05) is 7.05 Å². The predicted molar refractivity (Wildman–Crippen MR) is 94.6 cm³/mol. The van der Waals surface area contributed by atoms with E-state index in [0.29, 0.717) is 12.0 Å². The molecule has 1 atom stereocenters. The second-order valence-electron chi connectivity index (χ2n) is 6.01. The van der Waals surface area contributed by atoms with Crippen LogP contribution in [0.3, 0.4) is 0 Å². The first kappa shape index (κ1) is 16.3. The summed E-state index contributed by atoms with van der Waals surface area (Å²) in [6, 6.07) is 17.9. The van der Waals surface area contributed by atoms with Crippen LogP contribution in [-0.2, 0) is 12.8 Å². The number of nitrogens with one attached hydrogen (secondary N) is 1. The highest BCUT2D eigenvalue weighted by Crippen LogP contribution is 2.21. The molecule has 0 aliphatic rings. The van der Waals surface area contributed by atoms with Crippen LogP contribution in [0.25, 0.3) is 0 Å². The van der Waals surface area contributed by atoms with Crippen LogP contribution in [0.5, 0.6) is 0 Å². The van der Waals surface area contributed by atoms with Gasteiger partial charge in [0.2, 0.25) is 0 Å². The lowest BCUT2D eigenvalue weighted by Gasteiger charge is -2.18. The molecule has 2 aromatic carbocycles. The molecule has 112 valence electrons. The van der Waals surface area contributed by atoms with Gasteiger partial charge in [0.25, 0.3) is 0 Å². The van der Waals surface area contributed by atoms with E-state index in [1.165, 1.54) is 16.7 Å². The van der Waals surface area contributed by atoms with E-state index in [9.17, 15) is 0 Å². The zero-order valence-corrected chi connectivity index (χ0v) is 14.7. The molecule has 0 bridgehead atoms. The predicted octanol–water partition coefficient (Wildman–Crippen LogP) is 5.15. The van der Waals surface area contributed by atoms with Crippen molar-refractivity contribution in [3.63, 3.8) is 0 Å². The Labute approximate surface area is 136 Å². The standard InChI is InChI=1S/C19H24BrN/c1-14(2)11-15-7-9-17(10-8-15)19(21-3)13-16-5-4-6-18(20)12-16/h4-10,12,14,19,21H,11,13H2,1-3H3. The van der Waals surface area contributed by atoms with Crippen LogP contribution < -0.4 is 5.32 Å². The van der Waals surface area contributed by atoms with Gasteiger partial charge in [0.1, 0.15) is 0 Å². The average molecular weight is 346 g/mol. The molecule has 0 radical (unpaired) electrons. The number of likely N-dealkylation sites (N-methyl/N-ethyl adjacent to an activating group) is 1. The van der Waals surface area contributed by atoms with Crippen molar-refractivity contribution < 1.29 is 0 Å². The fraction of sp³-hybridized carbons (Fsp3) is 0.368. The lowest BCUT2D eigenvalue weighted by Crippen LogP contribution is -2.18. The summed E-state index contributed by atoms with van der Waals surface area (Å²) in [6.45, 7) is 4.52. The average Bonchev–Trinajstić information content (AvgIpc) is 2.45. The molecule has 1 nitrogen and oxygen atoms in total. The number of rotatable bonds is 6. The van der Waals surface area contributed by atoms with Crippen molar-refractivity contribution in [1.82, 2.24) is 5.32 Å². The number of benzene rings is 2. The Morgan fingerprint density at radius 1 is 0.952 bits per heavy atom. The zero-order chi connectivity index (χ0) is 15.2. The van der Waals surface area contributed by atoms with Gasteiger partial charge in [-0.15, -0.1) is 0 Å². The Morgan fingerprint density at radius 2 is 1.67 bits per heavy atom. The molecule has 0 aliphatic carbocycles. The second-order valence-corrected chi connectivity index (χ2v) is 6.93. The molecule has 0 aromatic heterocycles. The molecule has 21 heavy (non-hydrogen) atoms. The van der Waals surface area contributed by atoms with Crippen LogP contribution in [0.2, 0.25) is 0 Å². The van der Waals surface area contributed by atoms with Gasteiger partial charge in [-0.1, -0.05) is 66.2 Å². The van der Waals surface area contributed by atoms with E-state index >= 15 is 0 Å². The fourth-order valence-corrected chi connectivity index (χ4v) is 3.09. The minimum Gasteiger partial charge on any atom is -0.313 e. The summed E-state index contributed by atoms with van der Waals surface area (Å²) >= 11 is 3.54. The monoisotopic (exact) mass is 345 g/mol. The molecule has 0 aliphatic heterocycles. The summed E-state index contributed by atoms with van der Waals surface area (Å²) in [7, 11) is 2.03. The molecule has 0 spiro atoms. The maximum atomic E-state index is 3.54. The molecule has 0 fully saturated rings. The van der Waals surface area contributed by atoms with Crippen LogP contribution in [0.1, 0.15) is 36.6 Å². The lowest BCUT2D eigenvalue weighted by atomic mass is 9.96. The van der Waals surface area contributed by atoms with Gasteiger partial charge in [-0.25, -0.2) is 0 Å². The van der Waals surface area contributed by atoms with Crippen molar-refractivity contribution in [3.05, 3.63) is 69.7 Å². The molecule has 2 rings (SSSR count). The van der Waals surface area contributed by atoms with E-state index in [-0.39, 0.29) is 0 Å². The SMILES string of the molecule is CNC(Cc1cccc(Br)c1)c1ccc(CC(C)C)cc1. The number of hydrogen-bond acceptors (Lipinski definition) is 1. The van der Waals surface area contributed by atoms with Crippen LogP contribution in [0.4, 0.5) is 0 Å². The van der Waals surface area contributed by atoms with E-state index < -0.39 is 0 Å². The van der Waals surface area contributed by atoms with Gasteiger partial charge in [0.15, 0.2) is 0 Å². The maximum absolute atomic E-state index is 3.54. The van der Waals surface area contributed by atoms with Gasteiger partial charge in [-0.05, 0) is 54.6 Å². The molecule has 0 amide bonds. The molecule has 1 N–H and O–H groups in total. The van der Waals surface area contributed by atoms with E-state index in [0.717, 1.165) is 17.3 Å². The Bertz CT molecular complexity index is 560. The highest BCUT2D eigenvalue weighted by Gasteiger charge is 2.10. The first-order chi connectivity index (χ1) is 10.1. The van der Waals surface area contributed by atoms with Crippen LogP contribution in [0.15, 0.2) is 53.0 Å². The zero-order valence-electron chi connectivity index (χ0n) is 13.1. The minimum atomic E-state index is 0.354. The Morgan fingerprint density at radius 3 is 2.24 bits per heavy atom. The first-order valence-electron chi connectivity index (χ1n) is 7.59. The normalized spacial score (nSPS) is 12.6. The summed E-state index contributed by atoms with van der Waals surface area (Å²) in [5, 5.41) is 3.43. The number of hydrogen-bond donors (Lipinski definition) is 1. The first-order valence-corrected chi connectivity index (χ1v) is 8.38. The van der Waals surface area contributed by atoms with Crippen LogP contribution >= 0.6 is 15.9 Å². The smallest absolute Gasteiger partial charge is 0.0358 e. The van der Waals surface area contributed by atoms with Gasteiger partial charge < -0.3 is 5.32 Å². The third-order valence-corrected chi connectivity index (χ3v) is 4.20. The van der Waals surface area contributed by atoms with Crippen molar-refractivity contribution in [3.8, 4) is 0 Å². The van der Waals surface area contributed by atoms with Crippen LogP contribution in [0, 0.1) is 5.92 Å². The molecular weight excluding hydrogens is 322 g/mol. The third kappa shape index (κ3) is 4.98. The van der Waals surface area contributed by atoms with Crippen molar-refractivity contribution in [2.75, 3.05) is 7.05 Å². The molecule has 1 unspecified atom stereocenters. The number of halogens is 1. The molecule has 0 saturated carbocycles. The molecule has 2 aromatic rings. The van der Waals surface area contributed by atoms with Crippen molar-refractivity contribution in [2.45, 2.75) is 32.7 Å². The molecular formula is C19H24BrN. The van der Waals surface area contributed by atoms with Crippen molar-refractivity contribution in [1.29, 1.82) is 0 Å². The Kier molecular flexibility index (Phi) is 6.01. The van der Waals surface area contributed by atoms with Crippen LogP contribution in [-0.4, -0.2) is 7.05 Å². The second kappa shape index (κ2) is 7.77. The third-order valence-electron chi connectivity index (χ3n) is 3.70. The maximum Gasteiger partial charge on any atom is 0.0358 e. The quantitative estimate of drug-likeness (QED) is 0.763. The van der Waals surface area contributed by atoms with E-state index in [1.54, 1.807) is 0 Å². The fourth-order valence-electron chi connectivity index (χ4n) is 2.64. The highest BCUT2D eigenvalue weighted by molar-refractivity contribution is 9.10. The summed E-state index contributed by atoms with van der Waals surface area (Å²) in [5.41, 5.74) is 4.12. The molecule has 0 heterocycles. The highest BCUT2D eigenvalue weighted by atomic mass is 79.9. The van der Waals surface area contributed by atoms with E-state index in [2.05, 4.69) is 83.6 Å². The van der Waals surface area contributed by atoms with Crippen molar-refractivity contribution >= 4 is 15.9 Å². The summed E-state index contributed by atoms with van der Waals surface area (Å²) in [5.74, 6) is 0.706. The Balaban J connectivity index is 2.10. The van der Waals surface area contributed by atoms with Crippen molar-refractivity contribution in [2.24, 2.45) is 5.92 Å². The van der Waals surface area contributed by atoms with E-state index in [4.69, 9.17) is 0 Å². The van der Waals surface area contributed by atoms with Gasteiger partial charge in [-0.3, -0.25) is 0 Å². The lowest BCUT2D eigenvalue weighted by molar-refractivity contribution is 0.591. The Hall–Kier alpha value is -1.12. The minimum absolute atomic E-state index is 0.354. The van der Waals surface area contributed by atoms with Gasteiger partial charge in [0, 0.05) is 10.5 Å². The largest absolute Gasteiger partial charge is 0.313 e.